The Morgan fingerprint density at radius 2 is 1.60 bits per heavy atom. The van der Waals surface area contributed by atoms with E-state index in [1.54, 1.807) is 7.11 Å². The van der Waals surface area contributed by atoms with Crippen molar-refractivity contribution < 1.29 is 4.74 Å². The highest BCUT2D eigenvalue weighted by Crippen LogP contribution is 2.26. The highest BCUT2D eigenvalue weighted by molar-refractivity contribution is 9.10. The van der Waals surface area contributed by atoms with E-state index in [1.165, 1.54) is 11.1 Å². The maximum Gasteiger partial charge on any atom is 0.118 e. The van der Waals surface area contributed by atoms with Crippen molar-refractivity contribution in [2.45, 2.75) is 25.9 Å². The first-order chi connectivity index (χ1) is 9.61. The average Bonchev–Trinajstić information content (AvgIpc) is 2.47. The van der Waals surface area contributed by atoms with Crippen LogP contribution in [0.1, 0.15) is 37.1 Å². The minimum atomic E-state index is 0.280. The van der Waals surface area contributed by atoms with Crippen LogP contribution >= 0.6 is 15.9 Å². The van der Waals surface area contributed by atoms with Gasteiger partial charge in [-0.25, -0.2) is 0 Å². The lowest BCUT2D eigenvalue weighted by molar-refractivity contribution is 0.414. The molecule has 2 aromatic rings. The summed E-state index contributed by atoms with van der Waals surface area (Å²) >= 11 is 3.61. The molecule has 106 valence electrons. The first kappa shape index (κ1) is 15.1. The summed E-state index contributed by atoms with van der Waals surface area (Å²) < 4.78 is 6.33. The van der Waals surface area contributed by atoms with Crippen molar-refractivity contribution in [3.63, 3.8) is 0 Å². The monoisotopic (exact) mass is 333 g/mol. The predicted molar refractivity (Wildman–Crippen MR) is 87.1 cm³/mol. The van der Waals surface area contributed by atoms with Gasteiger partial charge in [-0.3, -0.25) is 0 Å². The van der Waals surface area contributed by atoms with Gasteiger partial charge in [-0.05, 0) is 43.2 Å². The Morgan fingerprint density at radius 1 is 0.950 bits per heavy atom. The molecule has 0 spiro atoms. The molecule has 0 aromatic heterocycles. The van der Waals surface area contributed by atoms with Crippen molar-refractivity contribution in [1.29, 1.82) is 0 Å². The highest BCUT2D eigenvalue weighted by Gasteiger charge is 2.13. The van der Waals surface area contributed by atoms with Crippen LogP contribution in [0.25, 0.3) is 0 Å². The molecule has 0 aliphatic carbocycles. The number of hydrogen-bond acceptors (Lipinski definition) is 2. The normalized spacial score (nSPS) is 13.8. The predicted octanol–water partition coefficient (Wildman–Crippen LogP) is 4.87. The minimum Gasteiger partial charge on any atom is -0.497 e. The van der Waals surface area contributed by atoms with Crippen molar-refractivity contribution in [2.75, 3.05) is 7.11 Å². The fourth-order valence-corrected chi connectivity index (χ4v) is 2.91. The molecule has 2 atom stereocenters. The van der Waals surface area contributed by atoms with E-state index in [1.807, 2.05) is 18.2 Å². The van der Waals surface area contributed by atoms with Crippen molar-refractivity contribution in [2.24, 2.45) is 0 Å². The Balaban J connectivity index is 2.06. The Morgan fingerprint density at radius 3 is 2.20 bits per heavy atom. The summed E-state index contributed by atoms with van der Waals surface area (Å²) in [6.45, 7) is 4.36. The Bertz CT molecular complexity index is 553. The van der Waals surface area contributed by atoms with Gasteiger partial charge < -0.3 is 10.1 Å². The summed E-state index contributed by atoms with van der Waals surface area (Å²) in [6, 6.07) is 17.1. The fraction of sp³-hybridized carbons (Fsp3) is 0.294. The molecule has 0 radical (unpaired) electrons. The van der Waals surface area contributed by atoms with E-state index < -0.39 is 0 Å². The van der Waals surface area contributed by atoms with Crippen LogP contribution in [0.15, 0.2) is 53.0 Å². The first-order valence-electron chi connectivity index (χ1n) is 6.76. The summed E-state index contributed by atoms with van der Waals surface area (Å²) in [6.07, 6.45) is 0. The van der Waals surface area contributed by atoms with Crippen LogP contribution in [0.3, 0.4) is 0 Å². The molecule has 0 aliphatic rings. The number of rotatable bonds is 5. The molecular weight excluding hydrogens is 314 g/mol. The van der Waals surface area contributed by atoms with Crippen LogP contribution < -0.4 is 10.1 Å². The average molecular weight is 334 g/mol. The standard InChI is InChI=1S/C17H20BrNO/c1-12(14-8-10-15(20-3)11-9-14)19-13(2)16-6-4-5-7-17(16)18/h4-13,19H,1-3H3. The molecule has 2 aromatic carbocycles. The van der Waals surface area contributed by atoms with Gasteiger partial charge in [0.2, 0.25) is 0 Å². The second-order valence-electron chi connectivity index (χ2n) is 4.90. The van der Waals surface area contributed by atoms with E-state index in [9.17, 15) is 0 Å². The lowest BCUT2D eigenvalue weighted by atomic mass is 10.0. The van der Waals surface area contributed by atoms with E-state index in [-0.39, 0.29) is 12.1 Å². The number of methoxy groups -OCH3 is 1. The van der Waals surface area contributed by atoms with E-state index in [2.05, 4.69) is 65.4 Å². The number of benzene rings is 2. The van der Waals surface area contributed by atoms with Gasteiger partial charge in [0.15, 0.2) is 0 Å². The van der Waals surface area contributed by atoms with Crippen LogP contribution in [0.5, 0.6) is 5.75 Å². The molecule has 1 N–H and O–H groups in total. The first-order valence-corrected chi connectivity index (χ1v) is 7.55. The Kier molecular flexibility index (Phi) is 5.21. The fourth-order valence-electron chi connectivity index (χ4n) is 2.28. The van der Waals surface area contributed by atoms with E-state index in [0.717, 1.165) is 10.2 Å². The van der Waals surface area contributed by atoms with Crippen molar-refractivity contribution in [3.05, 3.63) is 64.1 Å². The van der Waals surface area contributed by atoms with Gasteiger partial charge in [-0.1, -0.05) is 46.3 Å². The molecule has 2 rings (SSSR count). The van der Waals surface area contributed by atoms with Crippen molar-refractivity contribution in [3.8, 4) is 5.75 Å². The molecule has 3 heteroatoms. The van der Waals surface area contributed by atoms with Crippen LogP contribution in [-0.4, -0.2) is 7.11 Å². The molecular formula is C17H20BrNO. The molecule has 0 heterocycles. The summed E-state index contributed by atoms with van der Waals surface area (Å²) in [4.78, 5) is 0. The molecule has 0 saturated carbocycles. The van der Waals surface area contributed by atoms with Crippen LogP contribution in [0, 0.1) is 0 Å². The smallest absolute Gasteiger partial charge is 0.118 e. The largest absolute Gasteiger partial charge is 0.497 e. The molecule has 0 fully saturated rings. The van der Waals surface area contributed by atoms with Crippen LogP contribution in [-0.2, 0) is 0 Å². The zero-order chi connectivity index (χ0) is 14.5. The summed E-state index contributed by atoms with van der Waals surface area (Å²) in [5.41, 5.74) is 2.53. The van der Waals surface area contributed by atoms with Gasteiger partial charge >= 0.3 is 0 Å². The molecule has 0 amide bonds. The molecule has 2 nitrogen and oxygen atoms in total. The van der Waals surface area contributed by atoms with Gasteiger partial charge in [0, 0.05) is 16.6 Å². The minimum absolute atomic E-state index is 0.280. The van der Waals surface area contributed by atoms with E-state index >= 15 is 0 Å². The third-order valence-corrected chi connectivity index (χ3v) is 4.21. The lowest BCUT2D eigenvalue weighted by Gasteiger charge is -2.22. The Hall–Kier alpha value is -1.32. The summed E-state index contributed by atoms with van der Waals surface area (Å²) in [7, 11) is 1.69. The van der Waals surface area contributed by atoms with Crippen molar-refractivity contribution in [1.82, 2.24) is 5.32 Å². The SMILES string of the molecule is COc1ccc(C(C)NC(C)c2ccccc2Br)cc1. The number of nitrogens with one attached hydrogen (secondary N) is 1. The van der Waals surface area contributed by atoms with E-state index in [0.29, 0.717) is 0 Å². The number of halogens is 1. The third kappa shape index (κ3) is 3.62. The molecule has 0 bridgehead atoms. The number of ether oxygens (including phenoxy) is 1. The van der Waals surface area contributed by atoms with Gasteiger partial charge in [0.1, 0.15) is 5.75 Å². The Labute approximate surface area is 129 Å². The topological polar surface area (TPSA) is 21.3 Å². The quantitative estimate of drug-likeness (QED) is 0.842. The van der Waals surface area contributed by atoms with Crippen LogP contribution in [0.2, 0.25) is 0 Å². The molecule has 0 aliphatic heterocycles. The lowest BCUT2D eigenvalue weighted by Crippen LogP contribution is -2.22. The van der Waals surface area contributed by atoms with Gasteiger partial charge in [0.25, 0.3) is 0 Å². The zero-order valence-electron chi connectivity index (χ0n) is 12.1. The van der Waals surface area contributed by atoms with Gasteiger partial charge in [-0.2, -0.15) is 0 Å². The van der Waals surface area contributed by atoms with Crippen molar-refractivity contribution >= 4 is 15.9 Å². The second-order valence-corrected chi connectivity index (χ2v) is 5.76. The highest BCUT2D eigenvalue weighted by atomic mass is 79.9. The molecule has 20 heavy (non-hydrogen) atoms. The zero-order valence-corrected chi connectivity index (χ0v) is 13.6. The number of hydrogen-bond donors (Lipinski definition) is 1. The molecule has 0 saturated heterocycles. The second kappa shape index (κ2) is 6.91. The third-order valence-electron chi connectivity index (χ3n) is 3.49. The maximum atomic E-state index is 5.19. The van der Waals surface area contributed by atoms with Crippen LogP contribution in [0.4, 0.5) is 0 Å². The maximum absolute atomic E-state index is 5.19. The van der Waals surface area contributed by atoms with Gasteiger partial charge in [-0.15, -0.1) is 0 Å². The molecule has 2 unspecified atom stereocenters. The van der Waals surface area contributed by atoms with E-state index in [4.69, 9.17) is 4.74 Å². The summed E-state index contributed by atoms with van der Waals surface area (Å²) in [5.74, 6) is 0.889. The van der Waals surface area contributed by atoms with Gasteiger partial charge in [0.05, 0.1) is 7.11 Å². The summed E-state index contributed by atoms with van der Waals surface area (Å²) in [5, 5.41) is 3.62.